The zero-order chi connectivity index (χ0) is 18.3. The topological polar surface area (TPSA) is 73.8 Å². The van der Waals surface area contributed by atoms with Crippen LogP contribution >= 0.6 is 11.3 Å². The maximum absolute atomic E-state index is 12.6. The second kappa shape index (κ2) is 6.68. The molecule has 3 heterocycles. The number of urea groups is 1. The van der Waals surface area contributed by atoms with Crippen LogP contribution < -0.4 is 0 Å². The quantitative estimate of drug-likeness (QED) is 0.772. The van der Waals surface area contributed by atoms with Gasteiger partial charge in [-0.15, -0.1) is 11.3 Å². The van der Waals surface area contributed by atoms with Crippen LogP contribution in [0.5, 0.6) is 0 Å². The number of benzene rings is 1. The molecule has 1 aromatic carbocycles. The van der Waals surface area contributed by atoms with Crippen molar-refractivity contribution in [1.29, 1.82) is 0 Å². The predicted molar refractivity (Wildman–Crippen MR) is 97.9 cm³/mol. The zero-order valence-electron chi connectivity index (χ0n) is 14.6. The van der Waals surface area contributed by atoms with Crippen molar-refractivity contribution in [2.24, 2.45) is 0 Å². The Morgan fingerprint density at radius 3 is 2.85 bits per heavy atom. The van der Waals surface area contributed by atoms with Crippen LogP contribution in [0.4, 0.5) is 4.79 Å². The summed E-state index contributed by atoms with van der Waals surface area (Å²) in [6.07, 6.45) is 1.89. The van der Waals surface area contributed by atoms with Crippen molar-refractivity contribution < 1.29 is 14.4 Å². The highest BCUT2D eigenvalue weighted by molar-refractivity contribution is 7.18. The predicted octanol–water partition coefficient (Wildman–Crippen LogP) is 1.90. The number of piperidine rings is 1. The minimum atomic E-state index is -0.400. The van der Waals surface area contributed by atoms with Crippen molar-refractivity contribution in [3.05, 3.63) is 29.3 Å². The van der Waals surface area contributed by atoms with E-state index in [0.717, 1.165) is 33.0 Å². The number of hydrogen-bond donors (Lipinski definition) is 0. The van der Waals surface area contributed by atoms with Gasteiger partial charge < -0.3 is 9.80 Å². The number of thiazole rings is 1. The monoisotopic (exact) mass is 372 g/mol. The second-order valence-corrected chi connectivity index (χ2v) is 7.88. The lowest BCUT2D eigenvalue weighted by atomic mass is 9.98. The minimum absolute atomic E-state index is 0.0421. The third-order valence-electron chi connectivity index (χ3n) is 4.96. The number of hydrogen-bond acceptors (Lipinski definition) is 5. The van der Waals surface area contributed by atoms with Crippen molar-refractivity contribution in [2.45, 2.75) is 18.8 Å². The Hall–Kier alpha value is -2.48. The third kappa shape index (κ3) is 3.05. The molecule has 26 heavy (non-hydrogen) atoms. The van der Waals surface area contributed by atoms with E-state index in [1.807, 2.05) is 18.2 Å². The maximum Gasteiger partial charge on any atom is 0.327 e. The Labute approximate surface area is 155 Å². The Bertz CT molecular complexity index is 847. The maximum atomic E-state index is 12.6. The van der Waals surface area contributed by atoms with Gasteiger partial charge in [0.25, 0.3) is 5.91 Å². The van der Waals surface area contributed by atoms with Crippen LogP contribution in [0.1, 0.15) is 23.8 Å². The van der Waals surface area contributed by atoms with Crippen molar-refractivity contribution in [3.8, 4) is 0 Å². The second-order valence-electron chi connectivity index (χ2n) is 6.82. The Morgan fingerprint density at radius 2 is 2.12 bits per heavy atom. The van der Waals surface area contributed by atoms with Gasteiger partial charge in [0.2, 0.25) is 5.91 Å². The average Bonchev–Trinajstić information content (AvgIpc) is 3.18. The molecule has 136 valence electrons. The van der Waals surface area contributed by atoms with E-state index < -0.39 is 6.03 Å². The van der Waals surface area contributed by atoms with E-state index in [0.29, 0.717) is 13.1 Å². The van der Waals surface area contributed by atoms with Gasteiger partial charge in [-0.05, 0) is 25.0 Å². The average molecular weight is 372 g/mol. The lowest BCUT2D eigenvalue weighted by molar-refractivity contribution is -0.137. The molecule has 0 saturated carbocycles. The first-order chi connectivity index (χ1) is 12.5. The molecule has 0 radical (unpaired) electrons. The molecule has 0 bridgehead atoms. The third-order valence-corrected chi connectivity index (χ3v) is 6.16. The Morgan fingerprint density at radius 1 is 1.31 bits per heavy atom. The van der Waals surface area contributed by atoms with Crippen LogP contribution in [0.15, 0.2) is 24.3 Å². The highest BCUT2D eigenvalue weighted by Crippen LogP contribution is 2.33. The number of carbonyl (C=O) groups excluding carboxylic acids is 3. The van der Waals surface area contributed by atoms with Gasteiger partial charge in [0.05, 0.1) is 15.2 Å². The van der Waals surface area contributed by atoms with E-state index in [1.165, 1.54) is 4.90 Å². The van der Waals surface area contributed by atoms with E-state index in [9.17, 15) is 14.4 Å². The minimum Gasteiger partial charge on any atom is -0.340 e. The normalized spacial score (nSPS) is 21.1. The first-order valence-corrected chi connectivity index (χ1v) is 9.53. The van der Waals surface area contributed by atoms with Gasteiger partial charge >= 0.3 is 6.03 Å². The number of aromatic nitrogens is 1. The molecule has 2 saturated heterocycles. The summed E-state index contributed by atoms with van der Waals surface area (Å²) >= 11 is 1.68. The SMILES string of the molecule is CN1CC(=O)N(CC(=O)N2CCC[C@H](c3nc4ccccc4s3)C2)C1=O. The summed E-state index contributed by atoms with van der Waals surface area (Å²) in [6, 6.07) is 7.64. The summed E-state index contributed by atoms with van der Waals surface area (Å²) in [4.78, 5) is 45.4. The number of imide groups is 1. The van der Waals surface area contributed by atoms with Crippen molar-refractivity contribution >= 4 is 39.4 Å². The van der Waals surface area contributed by atoms with Gasteiger partial charge in [-0.2, -0.15) is 0 Å². The Balaban J connectivity index is 1.45. The highest BCUT2D eigenvalue weighted by atomic mass is 32.1. The molecule has 8 heteroatoms. The fourth-order valence-corrected chi connectivity index (χ4v) is 4.62. The van der Waals surface area contributed by atoms with Crippen molar-refractivity contribution in [1.82, 2.24) is 19.7 Å². The highest BCUT2D eigenvalue weighted by Gasteiger charge is 2.36. The number of rotatable bonds is 3. The number of likely N-dealkylation sites (N-methyl/N-ethyl adjacent to an activating group) is 1. The summed E-state index contributed by atoms with van der Waals surface area (Å²) in [7, 11) is 1.56. The molecule has 0 N–H and O–H groups in total. The first-order valence-electron chi connectivity index (χ1n) is 8.71. The van der Waals surface area contributed by atoms with Crippen LogP contribution in [-0.2, 0) is 9.59 Å². The summed E-state index contributed by atoms with van der Waals surface area (Å²) in [5.74, 6) is -0.281. The summed E-state index contributed by atoms with van der Waals surface area (Å²) in [5.41, 5.74) is 0.993. The molecule has 2 aliphatic heterocycles. The molecular weight excluding hydrogens is 352 g/mol. The van der Waals surface area contributed by atoms with E-state index in [2.05, 4.69) is 6.07 Å². The van der Waals surface area contributed by atoms with Crippen LogP contribution in [0.25, 0.3) is 10.2 Å². The van der Waals surface area contributed by atoms with E-state index in [-0.39, 0.29) is 30.8 Å². The van der Waals surface area contributed by atoms with Crippen LogP contribution in [0.2, 0.25) is 0 Å². The molecule has 4 amide bonds. The molecule has 2 aliphatic rings. The van der Waals surface area contributed by atoms with Gasteiger partial charge in [0, 0.05) is 26.1 Å². The van der Waals surface area contributed by atoms with Crippen LogP contribution in [-0.4, -0.2) is 70.8 Å². The van der Waals surface area contributed by atoms with Gasteiger partial charge in [0.15, 0.2) is 0 Å². The molecular formula is C18H20N4O3S. The standard InChI is InChI=1S/C18H20N4O3S/c1-20-10-16(24)22(18(20)25)11-15(23)21-8-4-5-12(9-21)17-19-13-6-2-3-7-14(13)26-17/h2-3,6-7,12H,4-5,8-11H2,1H3/t12-/m0/s1. The molecule has 1 atom stereocenters. The lowest BCUT2D eigenvalue weighted by Gasteiger charge is -2.32. The summed E-state index contributed by atoms with van der Waals surface area (Å²) in [6.45, 7) is 1.12. The number of para-hydroxylation sites is 1. The number of likely N-dealkylation sites (tertiary alicyclic amines) is 1. The Kier molecular flexibility index (Phi) is 4.36. The number of fused-ring (bicyclic) bond motifs is 1. The number of nitrogens with zero attached hydrogens (tertiary/aromatic N) is 4. The largest absolute Gasteiger partial charge is 0.340 e. The number of carbonyl (C=O) groups is 3. The molecule has 2 aromatic rings. The van der Waals surface area contributed by atoms with E-state index >= 15 is 0 Å². The fourth-order valence-electron chi connectivity index (χ4n) is 3.53. The molecule has 4 rings (SSSR count). The molecule has 7 nitrogen and oxygen atoms in total. The summed E-state index contributed by atoms with van der Waals surface area (Å²) < 4.78 is 1.15. The smallest absolute Gasteiger partial charge is 0.327 e. The number of amides is 4. The van der Waals surface area contributed by atoms with E-state index in [1.54, 1.807) is 23.3 Å². The van der Waals surface area contributed by atoms with Gasteiger partial charge in [-0.3, -0.25) is 14.5 Å². The first kappa shape index (κ1) is 17.0. The van der Waals surface area contributed by atoms with Gasteiger partial charge in [-0.25, -0.2) is 9.78 Å². The molecule has 0 aliphatic carbocycles. The molecule has 1 aromatic heterocycles. The lowest BCUT2D eigenvalue weighted by Crippen LogP contribution is -2.46. The zero-order valence-corrected chi connectivity index (χ0v) is 15.4. The van der Waals surface area contributed by atoms with Gasteiger partial charge in [0.1, 0.15) is 13.1 Å². The molecule has 0 spiro atoms. The van der Waals surface area contributed by atoms with E-state index in [4.69, 9.17) is 4.98 Å². The van der Waals surface area contributed by atoms with Crippen LogP contribution in [0.3, 0.4) is 0 Å². The van der Waals surface area contributed by atoms with Crippen LogP contribution in [0, 0.1) is 0 Å². The van der Waals surface area contributed by atoms with Crippen molar-refractivity contribution in [3.63, 3.8) is 0 Å². The van der Waals surface area contributed by atoms with Gasteiger partial charge in [-0.1, -0.05) is 12.1 Å². The molecule has 0 unspecified atom stereocenters. The van der Waals surface area contributed by atoms with Crippen molar-refractivity contribution in [2.75, 3.05) is 33.2 Å². The fraction of sp³-hybridized carbons (Fsp3) is 0.444. The molecule has 2 fully saturated rings. The summed E-state index contributed by atoms with van der Waals surface area (Å²) in [5, 5.41) is 1.05.